The zero-order valence-corrected chi connectivity index (χ0v) is 21.0. The van der Waals surface area contributed by atoms with E-state index in [-0.39, 0.29) is 29.6 Å². The average molecular weight is 481 g/mol. The van der Waals surface area contributed by atoms with E-state index in [1.54, 1.807) is 43.4 Å². The van der Waals surface area contributed by atoms with Gasteiger partial charge in [-0.15, -0.1) is 0 Å². The molecule has 1 aromatic heterocycles. The Hall–Kier alpha value is -3.29. The molecule has 7 nitrogen and oxygen atoms in total. The Balaban J connectivity index is 1.39. The maximum absolute atomic E-state index is 13.5. The van der Waals surface area contributed by atoms with Crippen molar-refractivity contribution in [3.05, 3.63) is 57.7 Å². The molecule has 2 amide bonds. The third-order valence-electron chi connectivity index (χ3n) is 7.71. The number of nitrogens with zero attached hydrogens (tertiary/aromatic N) is 2. The minimum atomic E-state index is -0.632. The van der Waals surface area contributed by atoms with Crippen LogP contribution in [0.15, 0.2) is 18.2 Å². The molecule has 35 heavy (non-hydrogen) atoms. The number of piperidine rings is 1. The van der Waals surface area contributed by atoms with Crippen LogP contribution in [0.5, 0.6) is 0 Å². The van der Waals surface area contributed by atoms with Gasteiger partial charge in [0.1, 0.15) is 5.82 Å². The SMILES string of the molecule is CC(=O)N1C[C@@H]2C(NC(=O)C(=O)c3c(C)c(C(=N)CCCc4ccc(F)c(C)c4)c(C)n3C)[C@@H]2C1. The van der Waals surface area contributed by atoms with E-state index in [9.17, 15) is 18.8 Å². The summed E-state index contributed by atoms with van der Waals surface area (Å²) in [5, 5.41) is 11.5. The monoisotopic (exact) mass is 480 g/mol. The van der Waals surface area contributed by atoms with Crippen LogP contribution in [0.2, 0.25) is 0 Å². The van der Waals surface area contributed by atoms with Crippen LogP contribution >= 0.6 is 0 Å². The van der Waals surface area contributed by atoms with Crippen LogP contribution in [0.4, 0.5) is 4.39 Å². The lowest BCUT2D eigenvalue weighted by Crippen LogP contribution is -2.39. The number of carbonyl (C=O) groups is 3. The van der Waals surface area contributed by atoms with Gasteiger partial charge in [-0.3, -0.25) is 14.4 Å². The van der Waals surface area contributed by atoms with Gasteiger partial charge in [0.15, 0.2) is 0 Å². The normalized spacial score (nSPS) is 20.5. The highest BCUT2D eigenvalue weighted by Crippen LogP contribution is 2.45. The molecule has 1 aliphatic carbocycles. The second-order valence-corrected chi connectivity index (χ2v) is 9.99. The molecular formula is C27H33FN4O3. The Morgan fingerprint density at radius 1 is 1.14 bits per heavy atom. The number of likely N-dealkylation sites (tertiary alicyclic amines) is 1. The number of aryl methyl sites for hydroxylation is 2. The summed E-state index contributed by atoms with van der Waals surface area (Å²) in [4.78, 5) is 39.2. The van der Waals surface area contributed by atoms with E-state index in [1.807, 2.05) is 13.0 Å². The molecule has 0 spiro atoms. The molecule has 2 fully saturated rings. The largest absolute Gasteiger partial charge is 0.346 e. The van der Waals surface area contributed by atoms with Gasteiger partial charge in [-0.25, -0.2) is 4.39 Å². The molecule has 1 aliphatic heterocycles. The second-order valence-electron chi connectivity index (χ2n) is 9.99. The van der Waals surface area contributed by atoms with Gasteiger partial charge in [0.25, 0.3) is 11.7 Å². The highest BCUT2D eigenvalue weighted by Gasteiger charge is 2.57. The van der Waals surface area contributed by atoms with Crippen molar-refractivity contribution in [2.24, 2.45) is 18.9 Å². The first kappa shape index (κ1) is 24.8. The minimum absolute atomic E-state index is 0.0380. The quantitative estimate of drug-likeness (QED) is 0.345. The van der Waals surface area contributed by atoms with Gasteiger partial charge in [-0.1, -0.05) is 12.1 Å². The van der Waals surface area contributed by atoms with Crippen molar-refractivity contribution >= 4 is 23.3 Å². The Labute approximate surface area is 205 Å². The molecule has 2 aromatic rings. The molecule has 4 rings (SSSR count). The van der Waals surface area contributed by atoms with E-state index in [0.29, 0.717) is 47.6 Å². The van der Waals surface area contributed by atoms with Crippen molar-refractivity contribution in [1.29, 1.82) is 5.41 Å². The first-order chi connectivity index (χ1) is 16.5. The van der Waals surface area contributed by atoms with E-state index in [0.717, 1.165) is 24.1 Å². The minimum Gasteiger partial charge on any atom is -0.346 e. The van der Waals surface area contributed by atoms with Crippen LogP contribution in [-0.2, 0) is 23.1 Å². The van der Waals surface area contributed by atoms with E-state index in [1.165, 1.54) is 6.07 Å². The first-order valence-corrected chi connectivity index (χ1v) is 12.1. The fourth-order valence-corrected chi connectivity index (χ4v) is 5.52. The molecule has 2 aliphatic rings. The lowest BCUT2D eigenvalue weighted by atomic mass is 9.98. The Kier molecular flexibility index (Phi) is 6.66. The Morgan fingerprint density at radius 3 is 2.40 bits per heavy atom. The number of benzene rings is 1. The highest BCUT2D eigenvalue weighted by atomic mass is 19.1. The van der Waals surface area contributed by atoms with Crippen molar-refractivity contribution in [2.45, 2.75) is 53.0 Å². The van der Waals surface area contributed by atoms with Gasteiger partial charge >= 0.3 is 0 Å². The lowest BCUT2D eigenvalue weighted by Gasteiger charge is -2.18. The summed E-state index contributed by atoms with van der Waals surface area (Å²) in [5.41, 5.74) is 4.51. The number of aromatic nitrogens is 1. The fraction of sp³-hybridized carbons (Fsp3) is 0.481. The smallest absolute Gasteiger partial charge is 0.294 e. The standard InChI is InChI=1S/C27H33FN4O3/c1-14-11-18(9-10-21(14)28)7-6-8-22(29)23-15(2)25(31(5)16(23)3)26(34)27(35)30-24-19-12-32(17(4)33)13-20(19)24/h9-11,19-20,24,29H,6-8,12-13H2,1-5H3,(H,30,35)/t19-,20+,24?. The summed E-state index contributed by atoms with van der Waals surface area (Å²) >= 11 is 0. The maximum Gasteiger partial charge on any atom is 0.294 e. The van der Waals surface area contributed by atoms with Crippen LogP contribution < -0.4 is 5.32 Å². The maximum atomic E-state index is 13.5. The summed E-state index contributed by atoms with van der Waals surface area (Å²) in [6, 6.07) is 5.01. The molecule has 1 unspecified atom stereocenters. The van der Waals surface area contributed by atoms with Gasteiger partial charge in [-0.05, 0) is 62.8 Å². The molecule has 2 N–H and O–H groups in total. The summed E-state index contributed by atoms with van der Waals surface area (Å²) in [6.45, 7) is 8.18. The van der Waals surface area contributed by atoms with Crippen molar-refractivity contribution in [1.82, 2.24) is 14.8 Å². The third-order valence-corrected chi connectivity index (χ3v) is 7.71. The summed E-state index contributed by atoms with van der Waals surface area (Å²) in [5.74, 6) is -0.965. The number of carbonyl (C=O) groups excluding carboxylic acids is 3. The zero-order valence-electron chi connectivity index (χ0n) is 21.0. The van der Waals surface area contributed by atoms with Crippen LogP contribution in [0, 0.1) is 43.8 Å². The average Bonchev–Trinajstić information content (AvgIpc) is 3.13. The number of Topliss-reactive ketones (excluding diaryl/α,β-unsaturated/α-hetero) is 1. The van der Waals surface area contributed by atoms with Gasteiger partial charge in [0.2, 0.25) is 5.91 Å². The van der Waals surface area contributed by atoms with Gasteiger partial charge < -0.3 is 20.2 Å². The highest BCUT2D eigenvalue weighted by molar-refractivity contribution is 6.43. The molecule has 2 heterocycles. The number of hydrogen-bond donors (Lipinski definition) is 2. The predicted octanol–water partition coefficient (Wildman–Crippen LogP) is 3.26. The summed E-state index contributed by atoms with van der Waals surface area (Å²) in [7, 11) is 1.75. The van der Waals surface area contributed by atoms with E-state index >= 15 is 0 Å². The molecule has 0 bridgehead atoms. The van der Waals surface area contributed by atoms with Crippen LogP contribution in [0.3, 0.4) is 0 Å². The third kappa shape index (κ3) is 4.66. The summed E-state index contributed by atoms with van der Waals surface area (Å²) in [6.07, 6.45) is 1.97. The molecule has 186 valence electrons. The topological polar surface area (TPSA) is 95.3 Å². The van der Waals surface area contributed by atoms with Crippen molar-refractivity contribution in [2.75, 3.05) is 13.1 Å². The van der Waals surface area contributed by atoms with Gasteiger partial charge in [0.05, 0.1) is 5.69 Å². The van der Waals surface area contributed by atoms with E-state index in [4.69, 9.17) is 5.41 Å². The molecule has 8 heteroatoms. The molecule has 1 saturated carbocycles. The summed E-state index contributed by atoms with van der Waals surface area (Å²) < 4.78 is 15.2. The van der Waals surface area contributed by atoms with E-state index < -0.39 is 11.7 Å². The number of ketones is 1. The van der Waals surface area contributed by atoms with Crippen molar-refractivity contribution < 1.29 is 18.8 Å². The van der Waals surface area contributed by atoms with Crippen molar-refractivity contribution in [3.63, 3.8) is 0 Å². The first-order valence-electron chi connectivity index (χ1n) is 12.1. The number of rotatable bonds is 8. The number of amides is 2. The van der Waals surface area contributed by atoms with Crippen molar-refractivity contribution in [3.8, 4) is 0 Å². The van der Waals surface area contributed by atoms with Crippen LogP contribution in [-0.4, -0.2) is 51.9 Å². The number of halogens is 1. The Bertz CT molecular complexity index is 1220. The molecular weight excluding hydrogens is 447 g/mol. The number of fused-ring (bicyclic) bond motifs is 1. The Morgan fingerprint density at radius 2 is 1.80 bits per heavy atom. The lowest BCUT2D eigenvalue weighted by molar-refractivity contribution is -0.128. The predicted molar refractivity (Wildman–Crippen MR) is 131 cm³/mol. The zero-order chi connectivity index (χ0) is 25.6. The molecule has 3 atom stereocenters. The fourth-order valence-electron chi connectivity index (χ4n) is 5.52. The number of hydrogen-bond acceptors (Lipinski definition) is 4. The second kappa shape index (κ2) is 9.40. The van der Waals surface area contributed by atoms with Gasteiger partial charge in [0, 0.05) is 61.9 Å². The van der Waals surface area contributed by atoms with Gasteiger partial charge in [-0.2, -0.15) is 0 Å². The van der Waals surface area contributed by atoms with Crippen LogP contribution in [0.1, 0.15) is 58.2 Å². The molecule has 0 radical (unpaired) electrons. The van der Waals surface area contributed by atoms with Crippen LogP contribution in [0.25, 0.3) is 0 Å². The molecule has 1 aromatic carbocycles. The molecule has 1 saturated heterocycles. The van der Waals surface area contributed by atoms with E-state index in [2.05, 4.69) is 5.32 Å². The number of nitrogens with one attached hydrogen (secondary N) is 2.